The first kappa shape index (κ1) is 20.7. The van der Waals surface area contributed by atoms with Crippen molar-refractivity contribution < 1.29 is 32.8 Å². The molecule has 14 heavy (non-hydrogen) atoms. The minimum atomic E-state index is -2.34. The fourth-order valence-electron chi connectivity index (χ4n) is 0.922. The Morgan fingerprint density at radius 3 is 1.57 bits per heavy atom. The standard InChI is InChI=1S/C9H19O2Si.HI.Mg/c1-7-12(6,10-8(2)3)11-9(4)5;;/h7-9H,1,6H2,2-5H3;1H;/q-1;;+2/p-1. The second kappa shape index (κ2) is 9.59. The van der Waals surface area contributed by atoms with Crippen molar-refractivity contribution in [3.8, 4) is 0 Å². The third kappa shape index (κ3) is 9.91. The maximum absolute atomic E-state index is 5.59. The van der Waals surface area contributed by atoms with Crippen LogP contribution < -0.4 is 24.0 Å². The molecule has 0 unspecified atom stereocenters. The molecule has 0 bridgehead atoms. The van der Waals surface area contributed by atoms with Gasteiger partial charge in [0.2, 0.25) is 8.56 Å². The molecular weight excluding hydrogens is 319 g/mol. The predicted molar refractivity (Wildman–Crippen MR) is 59.5 cm³/mol. The first-order chi connectivity index (χ1) is 5.39. The normalized spacial score (nSPS) is 10.8. The van der Waals surface area contributed by atoms with E-state index in [0.29, 0.717) is 0 Å². The van der Waals surface area contributed by atoms with Gasteiger partial charge in [-0.2, -0.15) is 0 Å². The molecule has 0 aromatic rings. The number of hydrogen-bond donors (Lipinski definition) is 0. The van der Waals surface area contributed by atoms with Gasteiger partial charge in [-0.3, -0.25) is 6.55 Å². The first-order valence-corrected chi connectivity index (χ1v) is 6.34. The van der Waals surface area contributed by atoms with E-state index in [1.807, 2.05) is 27.7 Å². The summed E-state index contributed by atoms with van der Waals surface area (Å²) < 4.78 is 11.2. The molecule has 0 fully saturated rings. The SMILES string of the molecule is C=C[Si]([CH2-])(OC(C)C)OC(C)C.[I-].[Mg+2]. The average molecular weight is 339 g/mol. The van der Waals surface area contributed by atoms with E-state index in [1.54, 1.807) is 5.70 Å². The Kier molecular flexibility index (Phi) is 14.2. The maximum Gasteiger partial charge on any atom is 2.00 e. The molecule has 0 amide bonds. The van der Waals surface area contributed by atoms with E-state index in [0.717, 1.165) is 0 Å². The van der Waals surface area contributed by atoms with Gasteiger partial charge < -0.3 is 32.8 Å². The van der Waals surface area contributed by atoms with Crippen LogP contribution in [0.15, 0.2) is 12.3 Å². The van der Waals surface area contributed by atoms with Gasteiger partial charge >= 0.3 is 23.1 Å². The molecule has 0 aliphatic heterocycles. The largest absolute Gasteiger partial charge is 2.00 e. The summed E-state index contributed by atoms with van der Waals surface area (Å²) in [6, 6.07) is 0. The Labute approximate surface area is 122 Å². The van der Waals surface area contributed by atoms with Crippen LogP contribution in [0.5, 0.6) is 0 Å². The Hall–Kier alpha value is 1.37. The summed E-state index contributed by atoms with van der Waals surface area (Å²) >= 11 is 0. The molecule has 0 atom stereocenters. The smallest absolute Gasteiger partial charge is 1.00 e. The predicted octanol–water partition coefficient (Wildman–Crippen LogP) is -1.000. The molecule has 0 heterocycles. The van der Waals surface area contributed by atoms with Crippen LogP contribution in [0.3, 0.4) is 0 Å². The molecule has 0 aromatic heterocycles. The second-order valence-electron chi connectivity index (χ2n) is 3.35. The van der Waals surface area contributed by atoms with Gasteiger partial charge in [0.05, 0.1) is 0 Å². The Morgan fingerprint density at radius 2 is 1.43 bits per heavy atom. The van der Waals surface area contributed by atoms with Crippen LogP contribution in [0.25, 0.3) is 0 Å². The fourth-order valence-corrected chi connectivity index (χ4v) is 2.77. The topological polar surface area (TPSA) is 18.5 Å². The number of rotatable bonds is 5. The molecule has 0 N–H and O–H groups in total. The molecule has 0 spiro atoms. The van der Waals surface area contributed by atoms with E-state index in [4.69, 9.17) is 8.85 Å². The Bertz CT molecular complexity index is 144. The van der Waals surface area contributed by atoms with E-state index in [2.05, 4.69) is 13.1 Å². The number of halogens is 1. The molecule has 0 aromatic carbocycles. The minimum absolute atomic E-state index is 0. The molecule has 0 saturated carbocycles. The van der Waals surface area contributed by atoms with Crippen molar-refractivity contribution in [1.29, 1.82) is 0 Å². The van der Waals surface area contributed by atoms with Gasteiger partial charge in [-0.05, 0) is 27.7 Å². The van der Waals surface area contributed by atoms with E-state index >= 15 is 0 Å². The summed E-state index contributed by atoms with van der Waals surface area (Å²) in [6.07, 6.45) is 0.289. The third-order valence-electron chi connectivity index (χ3n) is 1.18. The van der Waals surface area contributed by atoms with E-state index in [9.17, 15) is 0 Å². The van der Waals surface area contributed by atoms with Crippen LogP contribution in [0.2, 0.25) is 0 Å². The molecule has 0 rings (SSSR count). The van der Waals surface area contributed by atoms with Gasteiger partial charge in [0, 0.05) is 12.2 Å². The third-order valence-corrected chi connectivity index (χ3v) is 3.54. The van der Waals surface area contributed by atoms with E-state index in [-0.39, 0.29) is 59.2 Å². The van der Waals surface area contributed by atoms with Crippen molar-refractivity contribution in [3.63, 3.8) is 0 Å². The minimum Gasteiger partial charge on any atom is -1.00 e. The molecule has 0 aliphatic rings. The Morgan fingerprint density at radius 1 is 1.14 bits per heavy atom. The monoisotopic (exact) mass is 338 g/mol. The molecule has 0 radical (unpaired) electrons. The molecule has 0 saturated heterocycles. The van der Waals surface area contributed by atoms with Gasteiger partial charge in [0.15, 0.2) is 0 Å². The summed E-state index contributed by atoms with van der Waals surface area (Å²) in [6.45, 7) is 15.5. The number of hydrogen-bond acceptors (Lipinski definition) is 2. The summed E-state index contributed by atoms with van der Waals surface area (Å²) in [5.41, 5.74) is 1.72. The van der Waals surface area contributed by atoms with Crippen LogP contribution in [-0.2, 0) is 8.85 Å². The quantitative estimate of drug-likeness (QED) is 0.364. The van der Waals surface area contributed by atoms with Crippen molar-refractivity contribution in [2.45, 2.75) is 39.9 Å². The summed E-state index contributed by atoms with van der Waals surface area (Å²) in [5.74, 6) is 0. The van der Waals surface area contributed by atoms with Crippen molar-refractivity contribution in [3.05, 3.63) is 18.8 Å². The zero-order valence-corrected chi connectivity index (χ0v) is 14.1. The van der Waals surface area contributed by atoms with E-state index in [1.165, 1.54) is 0 Å². The molecule has 0 aliphatic carbocycles. The summed E-state index contributed by atoms with van der Waals surface area (Å²) in [5, 5.41) is 0. The van der Waals surface area contributed by atoms with Crippen LogP contribution in [0.1, 0.15) is 27.7 Å². The maximum atomic E-state index is 5.59. The van der Waals surface area contributed by atoms with Gasteiger partial charge in [-0.15, -0.1) is 6.58 Å². The van der Waals surface area contributed by atoms with Gasteiger partial charge in [0.1, 0.15) is 0 Å². The average Bonchev–Trinajstić information content (AvgIpc) is 1.83. The van der Waals surface area contributed by atoms with Crippen molar-refractivity contribution in [1.82, 2.24) is 0 Å². The van der Waals surface area contributed by atoms with Crippen LogP contribution in [0.4, 0.5) is 0 Å². The zero-order valence-electron chi connectivity index (χ0n) is 9.55. The Balaban J connectivity index is -0.000000605. The van der Waals surface area contributed by atoms with Crippen LogP contribution in [0, 0.1) is 6.55 Å². The van der Waals surface area contributed by atoms with Crippen molar-refractivity contribution in [2.75, 3.05) is 0 Å². The molecule has 5 heteroatoms. The van der Waals surface area contributed by atoms with Gasteiger partial charge in [0.25, 0.3) is 0 Å². The van der Waals surface area contributed by atoms with Gasteiger partial charge in [-0.1, -0.05) is 5.70 Å². The van der Waals surface area contributed by atoms with E-state index < -0.39 is 8.56 Å². The van der Waals surface area contributed by atoms with Gasteiger partial charge in [-0.25, -0.2) is 0 Å². The molecular formula is C9H19IMgO2Si. The van der Waals surface area contributed by atoms with Crippen LogP contribution in [-0.4, -0.2) is 43.8 Å². The molecule has 80 valence electrons. The molecule has 2 nitrogen and oxygen atoms in total. The summed E-state index contributed by atoms with van der Waals surface area (Å²) in [4.78, 5) is 0. The first-order valence-electron chi connectivity index (χ1n) is 4.24. The fraction of sp³-hybridized carbons (Fsp3) is 0.667. The van der Waals surface area contributed by atoms with Crippen molar-refractivity contribution >= 4 is 31.6 Å². The second-order valence-corrected chi connectivity index (χ2v) is 5.85. The summed E-state index contributed by atoms with van der Waals surface area (Å²) in [7, 11) is -2.34. The zero-order chi connectivity index (χ0) is 9.78. The van der Waals surface area contributed by atoms with Crippen LogP contribution >= 0.6 is 0 Å². The van der Waals surface area contributed by atoms with Crippen molar-refractivity contribution in [2.24, 2.45) is 0 Å².